The zero-order chi connectivity index (χ0) is 18.4. The number of hydrogen-bond donors (Lipinski definition) is 0. The molecular formula is C23H38F2O. The molecule has 0 amide bonds. The fourth-order valence-corrected chi connectivity index (χ4v) is 7.06. The summed E-state index contributed by atoms with van der Waals surface area (Å²) < 4.78 is 35.3. The Hall–Kier alpha value is -0.180. The molecule has 2 heterocycles. The van der Waals surface area contributed by atoms with Crippen LogP contribution in [0.3, 0.4) is 0 Å². The Morgan fingerprint density at radius 2 is 1.58 bits per heavy atom. The van der Waals surface area contributed by atoms with E-state index in [-0.39, 0.29) is 17.4 Å². The largest absolute Gasteiger partial charge is 0.374 e. The maximum Gasteiger partial charge on any atom is 0.134 e. The molecule has 0 aromatic heterocycles. The number of fused-ring (bicyclic) bond motifs is 3. The molecule has 4 unspecified atom stereocenters. The average molecular weight is 369 g/mol. The summed E-state index contributed by atoms with van der Waals surface area (Å²) in [6, 6.07) is 0. The molecule has 0 radical (unpaired) electrons. The van der Waals surface area contributed by atoms with Crippen molar-refractivity contribution in [2.24, 2.45) is 29.1 Å². The van der Waals surface area contributed by atoms with Crippen molar-refractivity contribution in [2.75, 3.05) is 6.61 Å². The van der Waals surface area contributed by atoms with Crippen LogP contribution in [0.15, 0.2) is 0 Å². The number of halogens is 2. The molecule has 3 aliphatic carbocycles. The maximum atomic E-state index is 14.6. The van der Waals surface area contributed by atoms with E-state index in [1.807, 2.05) is 6.92 Å². The van der Waals surface area contributed by atoms with Crippen molar-refractivity contribution in [1.82, 2.24) is 0 Å². The van der Waals surface area contributed by atoms with E-state index in [1.54, 1.807) is 0 Å². The third kappa shape index (κ3) is 3.25. The van der Waals surface area contributed by atoms with Crippen LogP contribution in [0.1, 0.15) is 90.9 Å². The van der Waals surface area contributed by atoms with Gasteiger partial charge in [0, 0.05) is 0 Å². The SMILES string of the molecule is CCCC12CCC(C3CCC(C4CCC(C)C(F)C4F)CC3)(CC1)OC2. The summed E-state index contributed by atoms with van der Waals surface area (Å²) in [7, 11) is 0. The van der Waals surface area contributed by atoms with Crippen LogP contribution in [0, 0.1) is 29.1 Å². The minimum absolute atomic E-state index is 0.0320. The highest BCUT2D eigenvalue weighted by Crippen LogP contribution is 2.57. The van der Waals surface area contributed by atoms with E-state index in [2.05, 4.69) is 6.92 Å². The topological polar surface area (TPSA) is 9.23 Å². The van der Waals surface area contributed by atoms with Crippen LogP contribution in [0.4, 0.5) is 8.78 Å². The Morgan fingerprint density at radius 1 is 0.885 bits per heavy atom. The van der Waals surface area contributed by atoms with Crippen molar-refractivity contribution in [3.63, 3.8) is 0 Å². The lowest BCUT2D eigenvalue weighted by atomic mass is 9.57. The quantitative estimate of drug-likeness (QED) is 0.540. The fourth-order valence-electron chi connectivity index (χ4n) is 7.06. The molecule has 1 nitrogen and oxygen atoms in total. The standard InChI is InChI=1S/C23H38F2O/c1-3-10-22-11-13-23(14-12-22,26-15-22)18-7-5-17(6-8-18)19-9-4-16(2)20(24)21(19)25/h16-21H,3-15H2,1-2H3. The number of ether oxygens (including phenoxy) is 1. The number of hydrogen-bond acceptors (Lipinski definition) is 1. The molecule has 2 bridgehead atoms. The molecule has 3 heteroatoms. The third-order valence-corrected chi connectivity index (χ3v) is 8.94. The fraction of sp³-hybridized carbons (Fsp3) is 1.00. The third-order valence-electron chi connectivity index (χ3n) is 8.94. The van der Waals surface area contributed by atoms with E-state index in [4.69, 9.17) is 4.74 Å². The van der Waals surface area contributed by atoms with Crippen molar-refractivity contribution in [2.45, 2.75) is 109 Å². The van der Waals surface area contributed by atoms with Crippen molar-refractivity contribution >= 4 is 0 Å². The first-order valence-electron chi connectivity index (χ1n) is 11.4. The Balaban J connectivity index is 1.33. The van der Waals surface area contributed by atoms with Gasteiger partial charge in [-0.1, -0.05) is 20.3 Å². The molecule has 0 spiro atoms. The molecule has 0 aromatic carbocycles. The summed E-state index contributed by atoms with van der Waals surface area (Å²) in [5.41, 5.74) is 0.601. The van der Waals surface area contributed by atoms with Crippen LogP contribution in [-0.4, -0.2) is 24.6 Å². The van der Waals surface area contributed by atoms with Gasteiger partial charge in [0.25, 0.3) is 0 Å². The lowest BCUT2D eigenvalue weighted by molar-refractivity contribution is -0.216. The molecule has 3 saturated carbocycles. The van der Waals surface area contributed by atoms with Gasteiger partial charge in [-0.3, -0.25) is 0 Å². The van der Waals surface area contributed by atoms with E-state index in [0.717, 1.165) is 32.3 Å². The highest BCUT2D eigenvalue weighted by molar-refractivity contribution is 5.03. The van der Waals surface area contributed by atoms with Crippen LogP contribution >= 0.6 is 0 Å². The predicted molar refractivity (Wildman–Crippen MR) is 102 cm³/mol. The van der Waals surface area contributed by atoms with Gasteiger partial charge in [-0.05, 0) is 99.7 Å². The van der Waals surface area contributed by atoms with E-state index in [0.29, 0.717) is 17.3 Å². The molecule has 0 aromatic rings. The minimum atomic E-state index is -1.24. The smallest absolute Gasteiger partial charge is 0.134 e. The zero-order valence-electron chi connectivity index (χ0n) is 16.8. The van der Waals surface area contributed by atoms with E-state index in [1.165, 1.54) is 51.4 Å². The van der Waals surface area contributed by atoms with Crippen LogP contribution in [0.2, 0.25) is 0 Å². The Kier molecular flexibility index (Phi) is 5.40. The Morgan fingerprint density at radius 3 is 2.15 bits per heavy atom. The molecule has 0 N–H and O–H groups in total. The van der Waals surface area contributed by atoms with E-state index >= 15 is 0 Å². The molecule has 5 fully saturated rings. The van der Waals surface area contributed by atoms with Gasteiger partial charge in [0.1, 0.15) is 12.3 Å². The predicted octanol–water partition coefficient (Wildman–Crippen LogP) is 6.64. The molecular weight excluding hydrogens is 330 g/mol. The van der Waals surface area contributed by atoms with E-state index < -0.39 is 12.3 Å². The molecule has 150 valence electrons. The summed E-state index contributed by atoms with van der Waals surface area (Å²) in [4.78, 5) is 0. The molecule has 5 aliphatic rings. The summed E-state index contributed by atoms with van der Waals surface area (Å²) in [5, 5.41) is 0. The molecule has 4 atom stereocenters. The molecule has 26 heavy (non-hydrogen) atoms. The zero-order valence-corrected chi connectivity index (χ0v) is 16.8. The van der Waals surface area contributed by atoms with Gasteiger partial charge >= 0.3 is 0 Å². The van der Waals surface area contributed by atoms with E-state index in [9.17, 15) is 8.78 Å². The number of alkyl halides is 2. The van der Waals surface area contributed by atoms with Crippen LogP contribution in [-0.2, 0) is 4.74 Å². The van der Waals surface area contributed by atoms with Crippen molar-refractivity contribution in [1.29, 1.82) is 0 Å². The second-order valence-corrected chi connectivity index (χ2v) is 10.3. The van der Waals surface area contributed by atoms with Gasteiger partial charge in [-0.15, -0.1) is 0 Å². The highest BCUT2D eigenvalue weighted by atomic mass is 19.2. The lowest BCUT2D eigenvalue weighted by Gasteiger charge is -2.57. The van der Waals surface area contributed by atoms with Gasteiger partial charge in [0.05, 0.1) is 12.2 Å². The highest BCUT2D eigenvalue weighted by Gasteiger charge is 2.53. The second kappa shape index (κ2) is 7.33. The van der Waals surface area contributed by atoms with Crippen LogP contribution in [0.5, 0.6) is 0 Å². The number of rotatable bonds is 4. The van der Waals surface area contributed by atoms with Crippen molar-refractivity contribution < 1.29 is 13.5 Å². The average Bonchev–Trinajstić information content (AvgIpc) is 2.68. The summed E-state index contributed by atoms with van der Waals surface area (Å²) in [5.74, 6) is 0.920. The normalized spacial score (nSPS) is 52.2. The maximum absolute atomic E-state index is 14.6. The Labute approximate surface area is 158 Å². The monoisotopic (exact) mass is 368 g/mol. The van der Waals surface area contributed by atoms with Gasteiger partial charge in [-0.25, -0.2) is 8.78 Å². The summed E-state index contributed by atoms with van der Waals surface area (Å²) in [6.45, 7) is 5.13. The minimum Gasteiger partial charge on any atom is -0.374 e. The molecule has 2 aliphatic heterocycles. The summed E-state index contributed by atoms with van der Waals surface area (Å²) >= 11 is 0. The molecule has 5 rings (SSSR count). The first kappa shape index (κ1) is 19.2. The van der Waals surface area contributed by atoms with Gasteiger partial charge in [0.15, 0.2) is 0 Å². The van der Waals surface area contributed by atoms with Crippen LogP contribution < -0.4 is 0 Å². The van der Waals surface area contributed by atoms with Crippen LogP contribution in [0.25, 0.3) is 0 Å². The summed E-state index contributed by atoms with van der Waals surface area (Å²) in [6.07, 6.45) is 11.5. The van der Waals surface area contributed by atoms with Gasteiger partial charge < -0.3 is 4.74 Å². The second-order valence-electron chi connectivity index (χ2n) is 10.3. The van der Waals surface area contributed by atoms with Gasteiger partial charge in [0.2, 0.25) is 0 Å². The Bertz CT molecular complexity index is 460. The first-order valence-corrected chi connectivity index (χ1v) is 11.4. The first-order chi connectivity index (χ1) is 12.5. The van der Waals surface area contributed by atoms with Crippen molar-refractivity contribution in [3.05, 3.63) is 0 Å². The van der Waals surface area contributed by atoms with Gasteiger partial charge in [-0.2, -0.15) is 0 Å². The lowest BCUT2D eigenvalue weighted by Crippen LogP contribution is -2.55. The molecule has 2 saturated heterocycles. The van der Waals surface area contributed by atoms with Crippen molar-refractivity contribution in [3.8, 4) is 0 Å².